The first-order valence-electron chi connectivity index (χ1n) is 19.8. The van der Waals surface area contributed by atoms with Crippen molar-refractivity contribution < 1.29 is 36.7 Å². The van der Waals surface area contributed by atoms with Gasteiger partial charge in [-0.25, -0.2) is 22.8 Å². The molecule has 300 valence electrons. The molecular weight excluding hydrogens is 768 g/mol. The van der Waals surface area contributed by atoms with Crippen LogP contribution in [0, 0.1) is 30.0 Å². The number of ketones is 1. The molecule has 4 aliphatic rings. The fourth-order valence-electron chi connectivity index (χ4n) is 8.56. The number of hydrogen-bond donors (Lipinski definition) is 1. The number of benzene rings is 2. The lowest BCUT2D eigenvalue weighted by molar-refractivity contribution is -0.142. The Kier molecular flexibility index (Phi) is 10.9. The summed E-state index contributed by atoms with van der Waals surface area (Å²) in [6.45, 7) is 2.05. The van der Waals surface area contributed by atoms with E-state index < -0.39 is 44.7 Å². The summed E-state index contributed by atoms with van der Waals surface area (Å²) in [5.41, 5.74) is 1.72. The summed E-state index contributed by atoms with van der Waals surface area (Å²) in [5.74, 6) is -1.08. The third-order valence-electron chi connectivity index (χ3n) is 12.0. The molecular formula is C43H47FN4O7S2. The van der Waals surface area contributed by atoms with E-state index in [1.807, 2.05) is 42.7 Å². The van der Waals surface area contributed by atoms with Crippen molar-refractivity contribution in [2.45, 2.75) is 94.9 Å². The molecule has 0 unspecified atom stereocenters. The minimum atomic E-state index is -3.85. The van der Waals surface area contributed by atoms with Crippen molar-refractivity contribution in [3.05, 3.63) is 83.1 Å². The van der Waals surface area contributed by atoms with Crippen LogP contribution in [0.3, 0.4) is 0 Å². The van der Waals surface area contributed by atoms with Gasteiger partial charge in [-0.1, -0.05) is 37.1 Å². The minimum absolute atomic E-state index is 0.124. The molecule has 1 saturated heterocycles. The molecule has 2 amide bonds. The quantitative estimate of drug-likeness (QED) is 0.175. The summed E-state index contributed by atoms with van der Waals surface area (Å²) in [7, 11) is -2.24. The van der Waals surface area contributed by atoms with E-state index in [9.17, 15) is 27.2 Å². The van der Waals surface area contributed by atoms with Crippen molar-refractivity contribution in [2.75, 3.05) is 13.7 Å². The Hall–Kier alpha value is -4.69. The maximum absolute atomic E-state index is 14.8. The van der Waals surface area contributed by atoms with Crippen molar-refractivity contribution in [3.8, 4) is 22.2 Å². The number of carbonyl (C=O) groups is 3. The number of fused-ring (bicyclic) bond motifs is 3. The van der Waals surface area contributed by atoms with Gasteiger partial charge in [0.15, 0.2) is 5.78 Å². The van der Waals surface area contributed by atoms with Crippen LogP contribution >= 0.6 is 11.3 Å². The highest BCUT2D eigenvalue weighted by molar-refractivity contribution is 7.90. The van der Waals surface area contributed by atoms with Gasteiger partial charge in [-0.3, -0.25) is 19.1 Å². The highest BCUT2D eigenvalue weighted by Gasteiger charge is 2.61. The van der Waals surface area contributed by atoms with Crippen LogP contribution in [0.25, 0.3) is 21.6 Å². The number of hydrogen-bond acceptors (Lipinski definition) is 10. The van der Waals surface area contributed by atoms with Crippen LogP contribution in [0.15, 0.2) is 66.2 Å². The largest absolute Gasteiger partial charge is 0.496 e. The lowest BCUT2D eigenvalue weighted by atomic mass is 9.90. The molecule has 2 aromatic carbocycles. The Labute approximate surface area is 336 Å². The van der Waals surface area contributed by atoms with Crippen LogP contribution in [0.5, 0.6) is 11.5 Å². The van der Waals surface area contributed by atoms with Gasteiger partial charge in [0.05, 0.1) is 35.9 Å². The van der Waals surface area contributed by atoms with E-state index in [-0.39, 0.29) is 42.8 Å². The van der Waals surface area contributed by atoms with Gasteiger partial charge in [-0.05, 0) is 87.6 Å². The van der Waals surface area contributed by atoms with Gasteiger partial charge < -0.3 is 14.4 Å². The zero-order chi connectivity index (χ0) is 39.9. The molecule has 57 heavy (non-hydrogen) atoms. The van der Waals surface area contributed by atoms with Gasteiger partial charge in [-0.2, -0.15) is 0 Å². The molecule has 0 spiro atoms. The molecule has 11 nitrogen and oxygen atoms in total. The van der Waals surface area contributed by atoms with Gasteiger partial charge in [0.1, 0.15) is 34.1 Å². The lowest BCUT2D eigenvalue weighted by Gasteiger charge is -2.29. The van der Waals surface area contributed by atoms with Crippen LogP contribution in [0.2, 0.25) is 0 Å². The smallest absolute Gasteiger partial charge is 0.240 e. The Morgan fingerprint density at radius 3 is 2.61 bits per heavy atom. The maximum Gasteiger partial charge on any atom is 0.240 e. The summed E-state index contributed by atoms with van der Waals surface area (Å²) in [6.07, 6.45) is 10.7. The number of amides is 2. The highest BCUT2D eigenvalue weighted by Crippen LogP contribution is 2.57. The van der Waals surface area contributed by atoms with Crippen molar-refractivity contribution in [3.63, 3.8) is 0 Å². The second kappa shape index (κ2) is 15.9. The van der Waals surface area contributed by atoms with Gasteiger partial charge >= 0.3 is 0 Å². The molecule has 4 aromatic rings. The number of nitrogens with zero attached hydrogens (tertiary/aromatic N) is 3. The number of allylic oxidation sites excluding steroid dienone is 2. The second-order valence-electron chi connectivity index (χ2n) is 16.0. The molecule has 2 saturated carbocycles. The number of halogens is 1. The normalized spacial score (nSPS) is 26.2. The minimum Gasteiger partial charge on any atom is -0.496 e. The summed E-state index contributed by atoms with van der Waals surface area (Å²) in [5, 5.41) is 2.73. The predicted octanol–water partition coefficient (Wildman–Crippen LogP) is 7.12. The molecule has 5 atom stereocenters. The third kappa shape index (κ3) is 8.20. The fraction of sp³-hybridized carbons (Fsp3) is 0.465. The van der Waals surface area contributed by atoms with Crippen LogP contribution < -0.4 is 14.2 Å². The first-order valence-corrected chi connectivity index (χ1v) is 22.2. The molecule has 8 rings (SSSR count). The molecule has 2 aliphatic carbocycles. The fourth-order valence-corrected chi connectivity index (χ4v) is 10.5. The number of sulfonamides is 1. The van der Waals surface area contributed by atoms with E-state index in [0.29, 0.717) is 59.8 Å². The summed E-state index contributed by atoms with van der Waals surface area (Å²) >= 11 is 1.45. The number of Topliss-reactive ketones (excluding diaryl/α,β-unsaturated/α-hetero) is 1. The molecule has 0 radical (unpaired) electrons. The molecule has 2 aromatic heterocycles. The Balaban J connectivity index is 1.14. The Morgan fingerprint density at radius 1 is 1.07 bits per heavy atom. The van der Waals surface area contributed by atoms with E-state index in [1.54, 1.807) is 30.3 Å². The van der Waals surface area contributed by atoms with Crippen molar-refractivity contribution in [1.29, 1.82) is 0 Å². The number of thiazole rings is 1. The first kappa shape index (κ1) is 39.2. The zero-order valence-electron chi connectivity index (χ0n) is 32.1. The summed E-state index contributed by atoms with van der Waals surface area (Å²) in [6, 6.07) is 10.8. The molecule has 14 heteroatoms. The van der Waals surface area contributed by atoms with Gasteiger partial charge in [-0.15, -0.1) is 11.3 Å². The highest BCUT2D eigenvalue weighted by atomic mass is 32.2. The molecule has 3 fully saturated rings. The number of aromatic nitrogens is 2. The van der Waals surface area contributed by atoms with Gasteiger partial charge in [0, 0.05) is 47.4 Å². The lowest BCUT2D eigenvalue weighted by Crippen LogP contribution is -2.46. The number of ether oxygens (including phenoxy) is 2. The molecule has 0 bridgehead atoms. The van der Waals surface area contributed by atoms with E-state index in [0.717, 1.165) is 42.2 Å². The number of methoxy groups -OCH3 is 1. The second-order valence-corrected chi connectivity index (χ2v) is 18.8. The van der Waals surface area contributed by atoms with E-state index in [1.165, 1.54) is 23.5 Å². The summed E-state index contributed by atoms with van der Waals surface area (Å²) < 4.78 is 54.5. The molecule has 4 heterocycles. The predicted molar refractivity (Wildman–Crippen MR) is 215 cm³/mol. The standard InChI is InChI=1S/C43H47FN4O7S2/c1-26-37(54-2)17-16-33-38(22-34(46-39(26)33)40-45-18-19-56-40)55-31-21-35-36(49)24-43(42(51)47-57(52,53)32-14-15-32)23-29(43)9-7-5-3-4-6-8-28(41(50)48(35)25-31)20-27-10-12-30(44)13-11-27/h7,9-13,16-19,22,28-29,31-32,35H,3-6,8,14-15,20-21,23-25H2,1-2H3,(H,47,51)/b9-7-/t28-,29+,31-,35+,43-/m1/s1. The topological polar surface area (TPSA) is 145 Å². The number of rotatable bonds is 9. The average molecular weight is 815 g/mol. The number of nitrogens with one attached hydrogen (secondary N) is 1. The van der Waals surface area contributed by atoms with Crippen LogP contribution in [-0.2, 0) is 30.8 Å². The summed E-state index contributed by atoms with van der Waals surface area (Å²) in [4.78, 5) is 54.5. The van der Waals surface area contributed by atoms with Crippen LogP contribution in [0.1, 0.15) is 75.3 Å². The van der Waals surface area contributed by atoms with E-state index in [4.69, 9.17) is 14.5 Å². The first-order chi connectivity index (χ1) is 27.5. The third-order valence-corrected chi connectivity index (χ3v) is 14.7. The van der Waals surface area contributed by atoms with Gasteiger partial charge in [0.25, 0.3) is 0 Å². The number of pyridine rings is 1. The van der Waals surface area contributed by atoms with Crippen molar-refractivity contribution >= 4 is 49.9 Å². The van der Waals surface area contributed by atoms with Crippen LogP contribution in [0.4, 0.5) is 4.39 Å². The zero-order valence-corrected chi connectivity index (χ0v) is 33.7. The Bertz CT molecular complexity index is 2310. The van der Waals surface area contributed by atoms with Gasteiger partial charge in [0.2, 0.25) is 21.8 Å². The Morgan fingerprint density at radius 2 is 1.88 bits per heavy atom. The van der Waals surface area contributed by atoms with E-state index >= 15 is 0 Å². The van der Waals surface area contributed by atoms with Crippen molar-refractivity contribution in [2.24, 2.45) is 17.3 Å². The maximum atomic E-state index is 14.8. The molecule has 2 aliphatic heterocycles. The molecule has 1 N–H and O–H groups in total. The number of carbonyl (C=O) groups excluding carboxylic acids is 3. The van der Waals surface area contributed by atoms with Crippen LogP contribution in [-0.4, -0.2) is 71.9 Å². The average Bonchev–Trinajstić information content (AvgIpc) is 4.06. The van der Waals surface area contributed by atoms with E-state index in [2.05, 4.69) is 9.71 Å². The monoisotopic (exact) mass is 814 g/mol. The van der Waals surface area contributed by atoms with Crippen molar-refractivity contribution in [1.82, 2.24) is 19.6 Å². The SMILES string of the molecule is COc1ccc2c(O[C@@H]3C[C@H]4C(=O)C[C@]5(C(=O)NS(=O)(=O)C6CC6)C[C@@H]5/C=C\CCCCC[C@H](Cc5ccc(F)cc5)C(=O)N4C3)cc(-c3nccs3)nc2c1C. The number of aryl methyl sites for hydroxylation is 1.